The predicted octanol–water partition coefficient (Wildman–Crippen LogP) is 3.71. The molecule has 0 spiro atoms. The van der Waals surface area contributed by atoms with Crippen LogP contribution in [0.2, 0.25) is 0 Å². The summed E-state index contributed by atoms with van der Waals surface area (Å²) in [5, 5.41) is 1.21. The largest absolute Gasteiger partial charge is 0.459 e. The van der Waals surface area contributed by atoms with Crippen LogP contribution in [-0.2, 0) is 6.54 Å². The summed E-state index contributed by atoms with van der Waals surface area (Å²) in [7, 11) is 0. The highest BCUT2D eigenvalue weighted by molar-refractivity contribution is 5.85. The van der Waals surface area contributed by atoms with Crippen molar-refractivity contribution < 1.29 is 4.42 Å². The van der Waals surface area contributed by atoms with Crippen molar-refractivity contribution in [2.24, 2.45) is 5.73 Å². The molecule has 2 heteroatoms. The van der Waals surface area contributed by atoms with Crippen LogP contribution in [-0.4, -0.2) is 0 Å². The minimum Gasteiger partial charge on any atom is -0.459 e. The van der Waals surface area contributed by atoms with E-state index in [4.69, 9.17) is 10.2 Å². The smallest absolute Gasteiger partial charge is 0.138 e. The van der Waals surface area contributed by atoms with Crippen molar-refractivity contribution in [3.8, 4) is 0 Å². The molecule has 0 fully saturated rings. The van der Waals surface area contributed by atoms with Crippen LogP contribution in [0.1, 0.15) is 43.1 Å². The van der Waals surface area contributed by atoms with E-state index in [2.05, 4.69) is 39.0 Å². The van der Waals surface area contributed by atoms with Crippen molar-refractivity contribution in [3.05, 3.63) is 35.1 Å². The minimum atomic E-state index is 0.473. The number of hydrogen-bond acceptors (Lipinski definition) is 2. The van der Waals surface area contributed by atoms with Crippen LogP contribution in [0.15, 0.2) is 22.6 Å². The SMILES string of the molecule is CCC(C)c1cccc2c(C)c(CN)oc12. The molecule has 0 radical (unpaired) electrons. The van der Waals surface area contributed by atoms with Gasteiger partial charge in [-0.15, -0.1) is 0 Å². The van der Waals surface area contributed by atoms with Crippen LogP contribution in [0.5, 0.6) is 0 Å². The molecule has 1 heterocycles. The zero-order chi connectivity index (χ0) is 11.7. The number of hydrogen-bond donors (Lipinski definition) is 1. The van der Waals surface area contributed by atoms with Crippen LogP contribution in [0.3, 0.4) is 0 Å². The standard InChI is InChI=1S/C14H19NO/c1-4-9(2)11-6-5-7-12-10(3)13(8-15)16-14(11)12/h5-7,9H,4,8,15H2,1-3H3. The average Bonchev–Trinajstić information content (AvgIpc) is 2.65. The molecule has 1 unspecified atom stereocenters. The normalized spacial score (nSPS) is 13.2. The lowest BCUT2D eigenvalue weighted by Crippen LogP contribution is -1.95. The van der Waals surface area contributed by atoms with Crippen LogP contribution in [0.4, 0.5) is 0 Å². The van der Waals surface area contributed by atoms with Gasteiger partial charge in [0.05, 0.1) is 6.54 Å². The highest BCUT2D eigenvalue weighted by atomic mass is 16.3. The zero-order valence-electron chi connectivity index (χ0n) is 10.2. The summed E-state index contributed by atoms with van der Waals surface area (Å²) >= 11 is 0. The first-order valence-corrected chi connectivity index (χ1v) is 5.90. The van der Waals surface area contributed by atoms with Crippen molar-refractivity contribution in [3.63, 3.8) is 0 Å². The van der Waals surface area contributed by atoms with Crippen molar-refractivity contribution in [2.45, 2.75) is 39.7 Å². The molecular weight excluding hydrogens is 198 g/mol. The molecule has 2 rings (SSSR count). The number of rotatable bonds is 3. The lowest BCUT2D eigenvalue weighted by molar-refractivity contribution is 0.541. The molecular formula is C14H19NO. The van der Waals surface area contributed by atoms with E-state index in [1.807, 2.05) is 0 Å². The van der Waals surface area contributed by atoms with Crippen LogP contribution in [0.25, 0.3) is 11.0 Å². The fourth-order valence-electron chi connectivity index (χ4n) is 2.12. The summed E-state index contributed by atoms with van der Waals surface area (Å²) in [6.45, 7) is 6.98. The molecule has 1 aromatic carbocycles. The second-order valence-electron chi connectivity index (χ2n) is 4.39. The number of para-hydroxylation sites is 1. The highest BCUT2D eigenvalue weighted by Gasteiger charge is 2.14. The van der Waals surface area contributed by atoms with E-state index < -0.39 is 0 Å². The molecule has 2 aromatic rings. The molecule has 2 N–H and O–H groups in total. The van der Waals surface area contributed by atoms with E-state index in [0.717, 1.165) is 17.8 Å². The van der Waals surface area contributed by atoms with E-state index >= 15 is 0 Å². The van der Waals surface area contributed by atoms with Crippen LogP contribution < -0.4 is 5.73 Å². The fraction of sp³-hybridized carbons (Fsp3) is 0.429. The lowest BCUT2D eigenvalue weighted by Gasteiger charge is -2.08. The second kappa shape index (κ2) is 4.30. The predicted molar refractivity (Wildman–Crippen MR) is 67.5 cm³/mol. The number of benzene rings is 1. The summed E-state index contributed by atoms with van der Waals surface area (Å²) in [5.74, 6) is 1.44. The topological polar surface area (TPSA) is 39.2 Å². The molecule has 1 atom stereocenters. The third kappa shape index (κ3) is 1.63. The van der Waals surface area contributed by atoms with Crippen molar-refractivity contribution >= 4 is 11.0 Å². The number of nitrogens with two attached hydrogens (primary N) is 1. The molecule has 86 valence electrons. The first-order valence-electron chi connectivity index (χ1n) is 5.90. The highest BCUT2D eigenvalue weighted by Crippen LogP contribution is 2.32. The van der Waals surface area contributed by atoms with Gasteiger partial charge in [0.2, 0.25) is 0 Å². The maximum Gasteiger partial charge on any atom is 0.138 e. The molecule has 0 saturated carbocycles. The van der Waals surface area contributed by atoms with Gasteiger partial charge in [0.1, 0.15) is 11.3 Å². The van der Waals surface area contributed by atoms with E-state index in [9.17, 15) is 0 Å². The lowest BCUT2D eigenvalue weighted by atomic mass is 9.96. The molecule has 1 aromatic heterocycles. The third-order valence-electron chi connectivity index (χ3n) is 3.42. The summed E-state index contributed by atoms with van der Waals surface area (Å²) in [6, 6.07) is 6.37. The first kappa shape index (κ1) is 11.2. The molecule has 2 nitrogen and oxygen atoms in total. The van der Waals surface area contributed by atoms with Gasteiger partial charge in [-0.2, -0.15) is 0 Å². The first-order chi connectivity index (χ1) is 7.69. The average molecular weight is 217 g/mol. The van der Waals surface area contributed by atoms with E-state index in [1.54, 1.807) is 0 Å². The second-order valence-corrected chi connectivity index (χ2v) is 4.39. The molecule has 0 amide bonds. The number of fused-ring (bicyclic) bond motifs is 1. The Bertz CT molecular complexity index is 499. The Kier molecular flexibility index (Phi) is 3.01. The van der Waals surface area contributed by atoms with Crippen molar-refractivity contribution in [2.75, 3.05) is 0 Å². The molecule has 0 saturated heterocycles. The maximum atomic E-state index is 5.88. The Labute approximate surface area is 96.4 Å². The Hall–Kier alpha value is -1.28. The monoisotopic (exact) mass is 217 g/mol. The number of furan rings is 1. The minimum absolute atomic E-state index is 0.473. The molecule has 0 bridgehead atoms. The third-order valence-corrected chi connectivity index (χ3v) is 3.42. The van der Waals surface area contributed by atoms with Gasteiger partial charge >= 0.3 is 0 Å². The van der Waals surface area contributed by atoms with E-state index in [-0.39, 0.29) is 0 Å². The maximum absolute atomic E-state index is 5.88. The van der Waals surface area contributed by atoms with E-state index in [1.165, 1.54) is 16.5 Å². The summed E-state index contributed by atoms with van der Waals surface area (Å²) in [5.41, 5.74) is 9.18. The Balaban J connectivity index is 2.68. The Morgan fingerprint density at radius 3 is 2.75 bits per heavy atom. The summed E-state index contributed by atoms with van der Waals surface area (Å²) in [6.07, 6.45) is 1.12. The molecule has 0 aliphatic carbocycles. The van der Waals surface area contributed by atoms with Gasteiger partial charge in [-0.3, -0.25) is 0 Å². The van der Waals surface area contributed by atoms with Gasteiger partial charge in [-0.05, 0) is 30.4 Å². The van der Waals surface area contributed by atoms with E-state index in [0.29, 0.717) is 12.5 Å². The Morgan fingerprint density at radius 2 is 2.12 bits per heavy atom. The summed E-state index contributed by atoms with van der Waals surface area (Å²) in [4.78, 5) is 0. The van der Waals surface area contributed by atoms with Crippen molar-refractivity contribution in [1.29, 1.82) is 0 Å². The van der Waals surface area contributed by atoms with Gasteiger partial charge < -0.3 is 10.2 Å². The summed E-state index contributed by atoms with van der Waals surface area (Å²) < 4.78 is 5.88. The molecule has 16 heavy (non-hydrogen) atoms. The Morgan fingerprint density at radius 1 is 1.38 bits per heavy atom. The van der Waals surface area contributed by atoms with Crippen LogP contribution >= 0.6 is 0 Å². The zero-order valence-corrected chi connectivity index (χ0v) is 10.2. The van der Waals surface area contributed by atoms with Gasteiger partial charge in [-0.1, -0.05) is 32.0 Å². The van der Waals surface area contributed by atoms with Gasteiger partial charge in [-0.25, -0.2) is 0 Å². The van der Waals surface area contributed by atoms with Crippen molar-refractivity contribution in [1.82, 2.24) is 0 Å². The number of aryl methyl sites for hydroxylation is 1. The van der Waals surface area contributed by atoms with Gasteiger partial charge in [0.15, 0.2) is 0 Å². The molecule has 0 aliphatic heterocycles. The van der Waals surface area contributed by atoms with Crippen LogP contribution in [0, 0.1) is 6.92 Å². The molecule has 0 aliphatic rings. The van der Waals surface area contributed by atoms with Gasteiger partial charge in [0.25, 0.3) is 0 Å². The fourth-order valence-corrected chi connectivity index (χ4v) is 2.12. The quantitative estimate of drug-likeness (QED) is 0.851. The van der Waals surface area contributed by atoms with Gasteiger partial charge in [0, 0.05) is 5.39 Å².